The fourth-order valence-corrected chi connectivity index (χ4v) is 5.42. The largest absolute Gasteiger partial charge is 0.379 e. The number of hydrogen-bond donors (Lipinski definition) is 0. The van der Waals surface area contributed by atoms with Crippen molar-refractivity contribution in [1.29, 1.82) is 0 Å². The minimum atomic E-state index is 0.105. The second-order valence-corrected chi connectivity index (χ2v) is 9.99. The number of anilines is 1. The van der Waals surface area contributed by atoms with Crippen molar-refractivity contribution < 1.29 is 9.53 Å². The maximum atomic E-state index is 13.5. The Morgan fingerprint density at radius 3 is 2.81 bits per heavy atom. The van der Waals surface area contributed by atoms with E-state index in [0.717, 1.165) is 70.2 Å². The molecule has 4 rings (SSSR count). The van der Waals surface area contributed by atoms with Crippen molar-refractivity contribution >= 4 is 48.5 Å². The van der Waals surface area contributed by atoms with Crippen LogP contribution in [0, 0.1) is 13.8 Å². The number of ether oxygens (including phenoxy) is 1. The summed E-state index contributed by atoms with van der Waals surface area (Å²) in [5.41, 5.74) is 4.35. The smallest absolute Gasteiger partial charge is 0.233 e. The average Bonchev–Trinajstić information content (AvgIpc) is 3.17. The number of benzene rings is 2. The molecule has 0 bridgehead atoms. The molecular formula is C24H28BrN3O2S. The summed E-state index contributed by atoms with van der Waals surface area (Å²) >= 11 is 5.12. The van der Waals surface area contributed by atoms with Crippen LogP contribution in [0.3, 0.4) is 0 Å². The summed E-state index contributed by atoms with van der Waals surface area (Å²) in [6, 6.07) is 12.4. The van der Waals surface area contributed by atoms with Gasteiger partial charge in [-0.2, -0.15) is 0 Å². The summed E-state index contributed by atoms with van der Waals surface area (Å²) in [5, 5.41) is 0.783. The van der Waals surface area contributed by atoms with Gasteiger partial charge in [0.25, 0.3) is 0 Å². The van der Waals surface area contributed by atoms with Crippen molar-refractivity contribution in [2.75, 3.05) is 44.3 Å². The van der Waals surface area contributed by atoms with E-state index in [1.165, 1.54) is 5.56 Å². The van der Waals surface area contributed by atoms with E-state index < -0.39 is 0 Å². The number of hydrogen-bond acceptors (Lipinski definition) is 5. The van der Waals surface area contributed by atoms with Crippen LogP contribution in [-0.2, 0) is 16.0 Å². The molecule has 3 aromatic rings. The quantitative estimate of drug-likeness (QED) is 0.458. The minimum absolute atomic E-state index is 0.105. The molecule has 0 radical (unpaired) electrons. The Kier molecular flexibility index (Phi) is 7.38. The van der Waals surface area contributed by atoms with Gasteiger partial charge in [0, 0.05) is 30.7 Å². The topological polar surface area (TPSA) is 45.7 Å². The standard InChI is InChI=1S/C24H28BrN3O2S/c1-17-4-5-18(2)19(14-17)15-23(29)28(9-3-8-27-10-12-30-13-11-27)24-26-21-7-6-20(25)16-22(21)31-24/h4-7,14,16H,3,8-13,15H2,1-2H3. The summed E-state index contributed by atoms with van der Waals surface area (Å²) in [4.78, 5) is 22.5. The molecule has 1 saturated heterocycles. The monoisotopic (exact) mass is 501 g/mol. The van der Waals surface area contributed by atoms with Crippen LogP contribution in [0.4, 0.5) is 5.13 Å². The van der Waals surface area contributed by atoms with Crippen molar-refractivity contribution in [3.63, 3.8) is 0 Å². The fourth-order valence-electron chi connectivity index (χ4n) is 3.86. The lowest BCUT2D eigenvalue weighted by Crippen LogP contribution is -2.39. The number of carbonyl (C=O) groups excluding carboxylic acids is 1. The number of morpholine rings is 1. The maximum absolute atomic E-state index is 13.5. The Bertz CT molecular complexity index is 1060. The van der Waals surface area contributed by atoms with Gasteiger partial charge in [-0.15, -0.1) is 0 Å². The van der Waals surface area contributed by atoms with Crippen molar-refractivity contribution in [1.82, 2.24) is 9.88 Å². The number of halogens is 1. The van der Waals surface area contributed by atoms with Crippen LogP contribution < -0.4 is 4.90 Å². The van der Waals surface area contributed by atoms with E-state index in [1.807, 2.05) is 17.0 Å². The Labute approximate surface area is 196 Å². The molecule has 1 aromatic heterocycles. The van der Waals surface area contributed by atoms with E-state index in [9.17, 15) is 4.79 Å². The summed E-state index contributed by atoms with van der Waals surface area (Å²) in [6.07, 6.45) is 1.31. The molecule has 2 heterocycles. The zero-order chi connectivity index (χ0) is 21.8. The predicted molar refractivity (Wildman–Crippen MR) is 131 cm³/mol. The highest BCUT2D eigenvalue weighted by atomic mass is 79.9. The molecule has 0 unspecified atom stereocenters. The van der Waals surface area contributed by atoms with Crippen molar-refractivity contribution in [3.05, 3.63) is 57.6 Å². The van der Waals surface area contributed by atoms with Gasteiger partial charge in [-0.1, -0.05) is 51.0 Å². The molecule has 5 nitrogen and oxygen atoms in total. The Morgan fingerprint density at radius 1 is 1.19 bits per heavy atom. The lowest BCUT2D eigenvalue weighted by Gasteiger charge is -2.27. The summed E-state index contributed by atoms with van der Waals surface area (Å²) in [6.45, 7) is 9.29. The first-order valence-corrected chi connectivity index (χ1v) is 12.3. The van der Waals surface area contributed by atoms with Crippen LogP contribution >= 0.6 is 27.3 Å². The van der Waals surface area contributed by atoms with Crippen LogP contribution in [-0.4, -0.2) is 55.2 Å². The zero-order valence-electron chi connectivity index (χ0n) is 18.1. The number of thiazole rings is 1. The Balaban J connectivity index is 1.54. The van der Waals surface area contributed by atoms with E-state index in [2.05, 4.69) is 58.9 Å². The molecule has 1 amide bonds. The molecule has 0 aliphatic carbocycles. The van der Waals surface area contributed by atoms with Gasteiger partial charge in [-0.3, -0.25) is 14.6 Å². The fraction of sp³-hybridized carbons (Fsp3) is 0.417. The van der Waals surface area contributed by atoms with Gasteiger partial charge in [0.05, 0.1) is 29.9 Å². The highest BCUT2D eigenvalue weighted by Gasteiger charge is 2.21. The lowest BCUT2D eigenvalue weighted by molar-refractivity contribution is -0.118. The number of carbonyl (C=O) groups is 1. The lowest BCUT2D eigenvalue weighted by atomic mass is 10.0. The van der Waals surface area contributed by atoms with Crippen LogP contribution in [0.5, 0.6) is 0 Å². The number of aryl methyl sites for hydroxylation is 2. The van der Waals surface area contributed by atoms with Gasteiger partial charge in [-0.25, -0.2) is 4.98 Å². The molecule has 1 fully saturated rings. The molecule has 0 saturated carbocycles. The summed E-state index contributed by atoms with van der Waals surface area (Å²) in [7, 11) is 0. The first-order valence-electron chi connectivity index (χ1n) is 10.7. The van der Waals surface area contributed by atoms with E-state index in [1.54, 1.807) is 11.3 Å². The van der Waals surface area contributed by atoms with E-state index in [4.69, 9.17) is 9.72 Å². The first kappa shape index (κ1) is 22.4. The third-order valence-electron chi connectivity index (χ3n) is 5.68. The van der Waals surface area contributed by atoms with Crippen molar-refractivity contribution in [2.45, 2.75) is 26.7 Å². The molecule has 0 atom stereocenters. The van der Waals surface area contributed by atoms with Gasteiger partial charge in [0.2, 0.25) is 5.91 Å². The molecule has 7 heteroatoms. The van der Waals surface area contributed by atoms with Gasteiger partial charge in [-0.05, 0) is 49.6 Å². The van der Waals surface area contributed by atoms with Gasteiger partial charge < -0.3 is 4.74 Å². The van der Waals surface area contributed by atoms with Crippen molar-refractivity contribution in [2.24, 2.45) is 0 Å². The molecule has 164 valence electrons. The van der Waals surface area contributed by atoms with Crippen LogP contribution in [0.2, 0.25) is 0 Å². The Morgan fingerprint density at radius 2 is 2.00 bits per heavy atom. The third kappa shape index (κ3) is 5.71. The van der Waals surface area contributed by atoms with E-state index >= 15 is 0 Å². The van der Waals surface area contributed by atoms with Gasteiger partial charge in [0.15, 0.2) is 5.13 Å². The molecule has 0 spiro atoms. The minimum Gasteiger partial charge on any atom is -0.379 e. The molecule has 31 heavy (non-hydrogen) atoms. The Hall–Kier alpha value is -1.80. The van der Waals surface area contributed by atoms with Gasteiger partial charge in [0.1, 0.15) is 0 Å². The third-order valence-corrected chi connectivity index (χ3v) is 7.21. The maximum Gasteiger partial charge on any atom is 0.233 e. The zero-order valence-corrected chi connectivity index (χ0v) is 20.5. The predicted octanol–water partition coefficient (Wildman–Crippen LogP) is 4.97. The summed E-state index contributed by atoms with van der Waals surface area (Å²) < 4.78 is 7.56. The molecular weight excluding hydrogens is 474 g/mol. The molecule has 1 aliphatic heterocycles. The summed E-state index contributed by atoms with van der Waals surface area (Å²) in [5.74, 6) is 0.105. The molecule has 1 aliphatic rings. The second-order valence-electron chi connectivity index (χ2n) is 8.07. The average molecular weight is 502 g/mol. The van der Waals surface area contributed by atoms with Gasteiger partial charge >= 0.3 is 0 Å². The number of nitrogens with zero attached hydrogens (tertiary/aromatic N) is 3. The highest BCUT2D eigenvalue weighted by Crippen LogP contribution is 2.31. The number of aromatic nitrogens is 1. The SMILES string of the molecule is Cc1ccc(C)c(CC(=O)N(CCCN2CCOCC2)c2nc3ccc(Br)cc3s2)c1. The molecule has 2 aromatic carbocycles. The second kappa shape index (κ2) is 10.2. The van der Waals surface area contributed by atoms with Crippen LogP contribution in [0.1, 0.15) is 23.1 Å². The first-order chi connectivity index (χ1) is 15.0. The normalized spacial score (nSPS) is 14.8. The number of rotatable bonds is 7. The van der Waals surface area contributed by atoms with E-state index in [-0.39, 0.29) is 5.91 Å². The van der Waals surface area contributed by atoms with Crippen LogP contribution in [0.25, 0.3) is 10.2 Å². The number of amides is 1. The number of fused-ring (bicyclic) bond motifs is 1. The highest BCUT2D eigenvalue weighted by molar-refractivity contribution is 9.10. The van der Waals surface area contributed by atoms with Crippen LogP contribution in [0.15, 0.2) is 40.9 Å². The van der Waals surface area contributed by atoms with E-state index in [0.29, 0.717) is 13.0 Å². The van der Waals surface area contributed by atoms with Crippen molar-refractivity contribution in [3.8, 4) is 0 Å². The molecule has 0 N–H and O–H groups in total.